The number of benzene rings is 2. The van der Waals surface area contributed by atoms with Crippen molar-refractivity contribution >= 4 is 23.7 Å². The number of piperazine rings is 1. The number of pyridine rings is 1. The summed E-state index contributed by atoms with van der Waals surface area (Å²) in [5, 5.41) is 11.3. The van der Waals surface area contributed by atoms with Crippen LogP contribution in [0.15, 0.2) is 79.5 Å². The average molecular weight is 545 g/mol. The van der Waals surface area contributed by atoms with Crippen molar-refractivity contribution in [1.29, 1.82) is 0 Å². The smallest absolute Gasteiger partial charge is 0.254 e. The zero-order valence-corrected chi connectivity index (χ0v) is 23.8. The Bertz CT molecular complexity index is 1390. The van der Waals surface area contributed by atoms with Crippen molar-refractivity contribution in [2.75, 3.05) is 25.4 Å². The Kier molecular flexibility index (Phi) is 11.2. The van der Waals surface area contributed by atoms with Gasteiger partial charge in [0.2, 0.25) is 0 Å². The molecule has 1 amide bonds. The number of nitrogens with two attached hydrogens (primary N) is 1. The fourth-order valence-electron chi connectivity index (χ4n) is 4.84. The fourth-order valence-corrected chi connectivity index (χ4v) is 4.84. The number of aliphatic hydroxyl groups is 1. The largest absolute Gasteiger partial charge is 0.399 e. The first kappa shape index (κ1) is 30.7. The quantitative estimate of drug-likeness (QED) is 0.434. The standard InChI is InChI=1S/C20H24FN3O.C13H17NO/c1-14-13-23(15(2)18-5-3-4-6-19(18)21)11-12-24(14)20(25)16-7-9-17(22)10-8-16;1-4-11(9-12(15)5-2)13-10(3)7-6-8-14-13/h3-10,14-15H,11-13,22H2,1-2H3;4,6-8,12,15H,1,3,5,9H2,2H3/b;13-11-. The summed E-state index contributed by atoms with van der Waals surface area (Å²) < 4.78 is 14.0. The summed E-state index contributed by atoms with van der Waals surface area (Å²) in [5.74, 6) is -0.159. The number of aromatic nitrogens is 1. The van der Waals surface area contributed by atoms with E-state index in [9.17, 15) is 14.3 Å². The number of aliphatic hydroxyl groups excluding tert-OH is 1. The molecule has 7 heteroatoms. The molecule has 3 atom stereocenters. The number of rotatable bonds is 7. The van der Waals surface area contributed by atoms with Crippen LogP contribution in [0.1, 0.15) is 55.6 Å². The summed E-state index contributed by atoms with van der Waals surface area (Å²) in [6.45, 7) is 15.7. The van der Waals surface area contributed by atoms with Gasteiger partial charge in [-0.1, -0.05) is 50.4 Å². The Morgan fingerprint density at radius 1 is 1.18 bits per heavy atom. The number of anilines is 1. The summed E-state index contributed by atoms with van der Waals surface area (Å²) in [4.78, 5) is 21.1. The predicted octanol–water partition coefficient (Wildman–Crippen LogP) is 4.31. The number of amides is 1. The van der Waals surface area contributed by atoms with E-state index in [1.165, 1.54) is 6.07 Å². The van der Waals surface area contributed by atoms with Gasteiger partial charge >= 0.3 is 0 Å². The lowest BCUT2D eigenvalue weighted by molar-refractivity contribution is 0.0402. The molecule has 3 unspecified atom stereocenters. The highest BCUT2D eigenvalue weighted by molar-refractivity contribution is 5.94. The Morgan fingerprint density at radius 3 is 2.48 bits per heavy atom. The van der Waals surface area contributed by atoms with Crippen LogP contribution in [0, 0.1) is 5.82 Å². The van der Waals surface area contributed by atoms with Crippen molar-refractivity contribution in [3.63, 3.8) is 0 Å². The summed E-state index contributed by atoms with van der Waals surface area (Å²) in [7, 11) is 0. The first-order valence-electron chi connectivity index (χ1n) is 13.7. The number of nitrogen functional groups attached to an aromatic ring is 1. The van der Waals surface area contributed by atoms with Crippen molar-refractivity contribution in [3.8, 4) is 0 Å². The van der Waals surface area contributed by atoms with E-state index in [2.05, 4.69) is 23.0 Å². The lowest BCUT2D eigenvalue weighted by Crippen LogP contribution is -2.54. The second-order valence-electron chi connectivity index (χ2n) is 10.2. The normalized spacial score (nSPS) is 17.7. The van der Waals surface area contributed by atoms with E-state index in [1.807, 2.05) is 49.9 Å². The van der Waals surface area contributed by atoms with Crippen LogP contribution in [0.25, 0.3) is 12.2 Å². The van der Waals surface area contributed by atoms with Crippen molar-refractivity contribution in [2.45, 2.75) is 51.8 Å². The SMILES string of the molecule is C=C/C(CC(O)CC)=c1/ncccc1=C.CC(c1ccccc1F)N1CCN(C(=O)c2ccc(N)cc2)C(C)C1. The highest BCUT2D eigenvalue weighted by Gasteiger charge is 2.31. The maximum atomic E-state index is 14.0. The van der Waals surface area contributed by atoms with Crippen LogP contribution in [0.2, 0.25) is 0 Å². The molecule has 212 valence electrons. The molecule has 0 bridgehead atoms. The van der Waals surface area contributed by atoms with Crippen LogP contribution >= 0.6 is 0 Å². The van der Waals surface area contributed by atoms with Crippen LogP contribution in [0.3, 0.4) is 0 Å². The van der Waals surface area contributed by atoms with Crippen LogP contribution in [-0.2, 0) is 0 Å². The van der Waals surface area contributed by atoms with Crippen LogP contribution in [0.5, 0.6) is 0 Å². The Balaban J connectivity index is 0.000000252. The molecular weight excluding hydrogens is 503 g/mol. The van der Waals surface area contributed by atoms with Crippen molar-refractivity contribution < 1.29 is 14.3 Å². The van der Waals surface area contributed by atoms with Crippen LogP contribution < -0.4 is 16.3 Å². The molecule has 0 saturated carbocycles. The van der Waals surface area contributed by atoms with Crippen molar-refractivity contribution in [1.82, 2.24) is 14.8 Å². The van der Waals surface area contributed by atoms with Gasteiger partial charge in [0.15, 0.2) is 0 Å². The molecule has 3 aromatic rings. The molecule has 2 heterocycles. The van der Waals surface area contributed by atoms with Gasteiger partial charge < -0.3 is 15.7 Å². The third-order valence-electron chi connectivity index (χ3n) is 7.35. The van der Waals surface area contributed by atoms with E-state index in [4.69, 9.17) is 5.73 Å². The van der Waals surface area contributed by atoms with Gasteiger partial charge in [-0.2, -0.15) is 0 Å². The second-order valence-corrected chi connectivity index (χ2v) is 10.2. The average Bonchev–Trinajstić information content (AvgIpc) is 2.96. The Labute approximate surface area is 237 Å². The lowest BCUT2D eigenvalue weighted by atomic mass is 10.0. The molecule has 1 aliphatic heterocycles. The minimum absolute atomic E-state index is 0.0163. The number of hydrogen-bond acceptors (Lipinski definition) is 5. The Hall–Kier alpha value is -3.81. The van der Waals surface area contributed by atoms with E-state index in [1.54, 1.807) is 42.6 Å². The van der Waals surface area contributed by atoms with E-state index in [0.717, 1.165) is 35.7 Å². The van der Waals surface area contributed by atoms with Crippen molar-refractivity contribution in [2.24, 2.45) is 0 Å². The third-order valence-corrected chi connectivity index (χ3v) is 7.35. The summed E-state index contributed by atoms with van der Waals surface area (Å²) in [6, 6.07) is 17.7. The first-order valence-corrected chi connectivity index (χ1v) is 13.7. The van der Waals surface area contributed by atoms with E-state index >= 15 is 0 Å². The predicted molar refractivity (Wildman–Crippen MR) is 161 cm³/mol. The van der Waals surface area contributed by atoms with E-state index in [0.29, 0.717) is 29.8 Å². The van der Waals surface area contributed by atoms with Gasteiger partial charge in [0.25, 0.3) is 5.91 Å². The van der Waals surface area contributed by atoms with Gasteiger partial charge in [-0.15, -0.1) is 0 Å². The van der Waals surface area contributed by atoms with Crippen molar-refractivity contribution in [3.05, 3.63) is 107 Å². The maximum absolute atomic E-state index is 14.0. The summed E-state index contributed by atoms with van der Waals surface area (Å²) >= 11 is 0. The summed E-state index contributed by atoms with van der Waals surface area (Å²) in [6.07, 6.45) is 4.46. The van der Waals surface area contributed by atoms with E-state index < -0.39 is 0 Å². The minimum atomic E-state index is -0.334. The van der Waals surface area contributed by atoms with Gasteiger partial charge in [-0.25, -0.2) is 4.39 Å². The maximum Gasteiger partial charge on any atom is 0.254 e. The van der Waals surface area contributed by atoms with Gasteiger partial charge in [0, 0.05) is 61.1 Å². The molecule has 0 aliphatic carbocycles. The number of halogens is 1. The van der Waals surface area contributed by atoms with Gasteiger partial charge in [-0.05, 0) is 67.5 Å². The zero-order chi connectivity index (χ0) is 29.2. The highest BCUT2D eigenvalue weighted by atomic mass is 19.1. The number of carbonyl (C=O) groups excluding carboxylic acids is 1. The first-order chi connectivity index (χ1) is 19.2. The van der Waals surface area contributed by atoms with Crippen LogP contribution in [0.4, 0.5) is 10.1 Å². The topological polar surface area (TPSA) is 82.7 Å². The monoisotopic (exact) mass is 544 g/mol. The molecule has 2 aromatic carbocycles. The number of nitrogens with zero attached hydrogens (tertiary/aromatic N) is 3. The number of hydrogen-bond donors (Lipinski definition) is 2. The molecular formula is C33H41FN4O2. The van der Waals surface area contributed by atoms with E-state index in [-0.39, 0.29) is 29.9 Å². The third kappa shape index (κ3) is 7.87. The van der Waals surface area contributed by atoms with Gasteiger partial charge in [0.1, 0.15) is 5.82 Å². The minimum Gasteiger partial charge on any atom is -0.399 e. The summed E-state index contributed by atoms with van der Waals surface area (Å²) in [5.41, 5.74) is 8.64. The molecule has 6 nitrogen and oxygen atoms in total. The highest BCUT2D eigenvalue weighted by Crippen LogP contribution is 2.26. The second kappa shape index (κ2) is 14.5. The molecule has 1 saturated heterocycles. The molecule has 1 aliphatic rings. The lowest BCUT2D eigenvalue weighted by Gasteiger charge is -2.42. The number of allylic oxidation sites excluding steroid dienone is 1. The van der Waals surface area contributed by atoms with Crippen LogP contribution in [-0.4, -0.2) is 57.6 Å². The molecule has 1 aromatic heterocycles. The fraction of sp³-hybridized carbons (Fsp3) is 0.333. The molecule has 40 heavy (non-hydrogen) atoms. The number of carbonyl (C=O) groups is 1. The van der Waals surface area contributed by atoms with Gasteiger partial charge in [0.05, 0.1) is 11.5 Å². The molecule has 1 fully saturated rings. The molecule has 3 N–H and O–H groups in total. The molecule has 4 rings (SSSR count). The molecule has 0 spiro atoms. The molecule has 0 radical (unpaired) electrons. The Morgan fingerprint density at radius 2 is 1.88 bits per heavy atom. The van der Waals surface area contributed by atoms with Gasteiger partial charge in [-0.3, -0.25) is 14.7 Å². The zero-order valence-electron chi connectivity index (χ0n) is 23.8.